The Morgan fingerprint density at radius 2 is 1.88 bits per heavy atom. The van der Waals surface area contributed by atoms with Crippen LogP contribution < -0.4 is 5.32 Å². The van der Waals surface area contributed by atoms with Gasteiger partial charge in [0.05, 0.1) is 17.4 Å². The van der Waals surface area contributed by atoms with E-state index in [1.54, 1.807) is 24.3 Å². The molecule has 2 rings (SSSR count). The molecule has 0 saturated carbocycles. The zero-order chi connectivity index (χ0) is 18.2. The quantitative estimate of drug-likeness (QED) is 0.588. The summed E-state index contributed by atoms with van der Waals surface area (Å²) in [5.74, 6) is -1.15. The van der Waals surface area contributed by atoms with Crippen molar-refractivity contribution in [2.45, 2.75) is 19.1 Å². The number of carbonyl (C=O) groups excluding carboxylic acids is 1. The Labute approximate surface area is 143 Å². The molecule has 2 N–H and O–H groups in total. The van der Waals surface area contributed by atoms with E-state index in [0.717, 1.165) is 5.56 Å². The lowest BCUT2D eigenvalue weighted by Gasteiger charge is -2.17. The second-order valence-electron chi connectivity index (χ2n) is 5.21. The minimum absolute atomic E-state index is 0.0292. The molecule has 0 saturated heterocycles. The van der Waals surface area contributed by atoms with E-state index in [-0.39, 0.29) is 12.3 Å². The van der Waals surface area contributed by atoms with Gasteiger partial charge in [-0.15, -0.1) is 0 Å². The Hall–Kier alpha value is -3.42. The first-order chi connectivity index (χ1) is 12.0. The van der Waals surface area contributed by atoms with Crippen molar-refractivity contribution in [3.05, 3.63) is 75.8 Å². The number of carboxylic acids is 1. The van der Waals surface area contributed by atoms with Gasteiger partial charge in [0.2, 0.25) is 0 Å². The molecular formula is C17H16N2O6. The minimum atomic E-state index is -1.15. The van der Waals surface area contributed by atoms with Crippen LogP contribution in [0.15, 0.2) is 54.6 Å². The van der Waals surface area contributed by atoms with Crippen molar-refractivity contribution in [1.29, 1.82) is 0 Å². The second kappa shape index (κ2) is 8.44. The first kappa shape index (κ1) is 17.9. The summed E-state index contributed by atoms with van der Waals surface area (Å²) < 4.78 is 5.06. The van der Waals surface area contributed by atoms with Gasteiger partial charge in [-0.3, -0.25) is 14.9 Å². The molecule has 25 heavy (non-hydrogen) atoms. The molecule has 0 aliphatic carbocycles. The largest absolute Gasteiger partial charge is 0.481 e. The molecule has 0 spiro atoms. The molecule has 2 aromatic rings. The molecule has 2 aromatic carbocycles. The summed E-state index contributed by atoms with van der Waals surface area (Å²) in [4.78, 5) is 33.2. The van der Waals surface area contributed by atoms with Gasteiger partial charge in [0.1, 0.15) is 6.61 Å². The van der Waals surface area contributed by atoms with Crippen molar-refractivity contribution >= 4 is 17.7 Å². The molecule has 0 aliphatic heterocycles. The predicted molar refractivity (Wildman–Crippen MR) is 87.9 cm³/mol. The molecule has 0 aromatic heterocycles. The standard InChI is InChI=1S/C17H16N2O6/c20-16(21)10-15(13-7-4-8-14(9-13)19(23)24)18-17(22)25-11-12-5-2-1-3-6-12/h1-9,15H,10-11H2,(H,18,22)(H,20,21). The van der Waals surface area contributed by atoms with E-state index in [4.69, 9.17) is 9.84 Å². The van der Waals surface area contributed by atoms with E-state index >= 15 is 0 Å². The topological polar surface area (TPSA) is 119 Å². The molecule has 0 aliphatic rings. The van der Waals surface area contributed by atoms with E-state index < -0.39 is 29.4 Å². The van der Waals surface area contributed by atoms with E-state index in [9.17, 15) is 19.7 Å². The number of nitro benzene ring substituents is 1. The normalized spacial score (nSPS) is 11.4. The van der Waals surface area contributed by atoms with Gasteiger partial charge in [0.15, 0.2) is 0 Å². The Morgan fingerprint density at radius 3 is 2.52 bits per heavy atom. The molecule has 8 nitrogen and oxygen atoms in total. The SMILES string of the molecule is O=C(O)CC(NC(=O)OCc1ccccc1)c1cccc([N+](=O)[O-])c1. The molecule has 1 atom stereocenters. The smallest absolute Gasteiger partial charge is 0.407 e. The number of amides is 1. The number of alkyl carbamates (subject to hydrolysis) is 1. The third-order valence-electron chi connectivity index (χ3n) is 3.37. The Bertz CT molecular complexity index is 763. The highest BCUT2D eigenvalue weighted by atomic mass is 16.6. The fourth-order valence-corrected chi connectivity index (χ4v) is 2.19. The van der Waals surface area contributed by atoms with E-state index in [2.05, 4.69) is 5.32 Å². The van der Waals surface area contributed by atoms with Crippen LogP contribution in [0.3, 0.4) is 0 Å². The third-order valence-corrected chi connectivity index (χ3v) is 3.37. The van der Waals surface area contributed by atoms with Crippen LogP contribution >= 0.6 is 0 Å². The molecular weight excluding hydrogens is 328 g/mol. The number of carboxylic acid groups (broad SMARTS) is 1. The van der Waals surface area contributed by atoms with Crippen LogP contribution in [-0.4, -0.2) is 22.1 Å². The predicted octanol–water partition coefficient (Wildman–Crippen LogP) is 3.04. The highest BCUT2D eigenvalue weighted by molar-refractivity contribution is 5.72. The summed E-state index contributed by atoms with van der Waals surface area (Å²) >= 11 is 0. The van der Waals surface area contributed by atoms with Gasteiger partial charge in [-0.2, -0.15) is 0 Å². The van der Waals surface area contributed by atoms with E-state index in [1.807, 2.05) is 6.07 Å². The van der Waals surface area contributed by atoms with Gasteiger partial charge in [-0.1, -0.05) is 42.5 Å². The molecule has 1 unspecified atom stereocenters. The molecule has 1 amide bonds. The van der Waals surface area contributed by atoms with Crippen LogP contribution in [0.2, 0.25) is 0 Å². The maximum absolute atomic E-state index is 11.9. The first-order valence-corrected chi connectivity index (χ1v) is 7.39. The van der Waals surface area contributed by atoms with Gasteiger partial charge in [0.25, 0.3) is 5.69 Å². The monoisotopic (exact) mass is 344 g/mol. The lowest BCUT2D eigenvalue weighted by atomic mass is 10.0. The van der Waals surface area contributed by atoms with Crippen LogP contribution in [0.1, 0.15) is 23.6 Å². The van der Waals surface area contributed by atoms with Crippen molar-refractivity contribution in [2.24, 2.45) is 0 Å². The summed E-state index contributed by atoms with van der Waals surface area (Å²) in [5, 5.41) is 22.3. The number of hydrogen-bond donors (Lipinski definition) is 2. The summed E-state index contributed by atoms with van der Waals surface area (Å²) in [7, 11) is 0. The number of nitro groups is 1. The van der Waals surface area contributed by atoms with Crippen LogP contribution in [-0.2, 0) is 16.1 Å². The minimum Gasteiger partial charge on any atom is -0.481 e. The fourth-order valence-electron chi connectivity index (χ4n) is 2.19. The molecule has 0 radical (unpaired) electrons. The number of aliphatic carboxylic acids is 1. The van der Waals surface area contributed by atoms with Gasteiger partial charge in [-0.05, 0) is 11.1 Å². The molecule has 0 heterocycles. The lowest BCUT2D eigenvalue weighted by molar-refractivity contribution is -0.384. The molecule has 130 valence electrons. The lowest BCUT2D eigenvalue weighted by Crippen LogP contribution is -2.30. The van der Waals surface area contributed by atoms with Gasteiger partial charge < -0.3 is 15.2 Å². The first-order valence-electron chi connectivity index (χ1n) is 7.39. The fraction of sp³-hybridized carbons (Fsp3) is 0.176. The maximum Gasteiger partial charge on any atom is 0.407 e. The van der Waals surface area contributed by atoms with Crippen LogP contribution in [0, 0.1) is 10.1 Å². The van der Waals surface area contributed by atoms with Crippen LogP contribution in [0.25, 0.3) is 0 Å². The number of rotatable bonds is 7. The Balaban J connectivity index is 2.06. The van der Waals surface area contributed by atoms with Crippen molar-refractivity contribution in [1.82, 2.24) is 5.32 Å². The Kier molecular flexibility index (Phi) is 6.05. The maximum atomic E-state index is 11.9. The number of benzene rings is 2. The number of nitrogens with one attached hydrogen (secondary N) is 1. The van der Waals surface area contributed by atoms with Crippen molar-refractivity contribution in [2.75, 3.05) is 0 Å². The highest BCUT2D eigenvalue weighted by Gasteiger charge is 2.21. The zero-order valence-corrected chi connectivity index (χ0v) is 13.1. The number of non-ortho nitro benzene ring substituents is 1. The Morgan fingerprint density at radius 1 is 1.16 bits per heavy atom. The molecule has 8 heteroatoms. The van der Waals surface area contributed by atoms with E-state index in [0.29, 0.717) is 5.56 Å². The van der Waals surface area contributed by atoms with E-state index in [1.165, 1.54) is 24.3 Å². The summed E-state index contributed by atoms with van der Waals surface area (Å²) in [5.41, 5.74) is 0.906. The van der Waals surface area contributed by atoms with Gasteiger partial charge >= 0.3 is 12.1 Å². The van der Waals surface area contributed by atoms with Crippen molar-refractivity contribution in [3.8, 4) is 0 Å². The van der Waals surface area contributed by atoms with Gasteiger partial charge in [0, 0.05) is 12.1 Å². The summed E-state index contributed by atoms with van der Waals surface area (Å²) in [6, 6.07) is 13.5. The number of hydrogen-bond acceptors (Lipinski definition) is 5. The second-order valence-corrected chi connectivity index (χ2v) is 5.21. The van der Waals surface area contributed by atoms with Crippen LogP contribution in [0.5, 0.6) is 0 Å². The number of nitrogens with zero attached hydrogens (tertiary/aromatic N) is 1. The van der Waals surface area contributed by atoms with Gasteiger partial charge in [-0.25, -0.2) is 4.79 Å². The van der Waals surface area contributed by atoms with Crippen molar-refractivity contribution < 1.29 is 24.4 Å². The number of carbonyl (C=O) groups is 2. The summed E-state index contributed by atoms with van der Waals surface area (Å²) in [6.07, 6.45) is -1.23. The van der Waals surface area contributed by atoms with Crippen molar-refractivity contribution in [3.63, 3.8) is 0 Å². The average molecular weight is 344 g/mol. The average Bonchev–Trinajstić information content (AvgIpc) is 2.60. The molecule has 0 bridgehead atoms. The number of ether oxygens (including phenoxy) is 1. The molecule has 0 fully saturated rings. The highest BCUT2D eigenvalue weighted by Crippen LogP contribution is 2.22. The summed E-state index contributed by atoms with van der Waals surface area (Å²) in [6.45, 7) is 0.0292. The zero-order valence-electron chi connectivity index (χ0n) is 13.1. The van der Waals surface area contributed by atoms with Crippen LogP contribution in [0.4, 0.5) is 10.5 Å². The third kappa shape index (κ3) is 5.61.